The smallest absolute Gasteiger partial charge is 0.329 e. The molecule has 0 saturated carbocycles. The highest BCUT2D eigenvalue weighted by atomic mass is 32.1. The lowest BCUT2D eigenvalue weighted by molar-refractivity contribution is -0.147. The van der Waals surface area contributed by atoms with Gasteiger partial charge in [0.2, 0.25) is 5.88 Å². The fraction of sp³-hybridized carbons (Fsp3) is 0.227. The third kappa shape index (κ3) is 5.14. The summed E-state index contributed by atoms with van der Waals surface area (Å²) in [7, 11) is 1.59. The first-order valence-corrected chi connectivity index (χ1v) is 10.6. The molecule has 3 rings (SSSR count). The molecule has 0 fully saturated rings. The summed E-state index contributed by atoms with van der Waals surface area (Å²) in [5.41, 5.74) is 1.61. The van der Waals surface area contributed by atoms with Crippen LogP contribution >= 0.6 is 23.6 Å². The minimum atomic E-state index is -0.768. The van der Waals surface area contributed by atoms with Crippen LogP contribution in [0.3, 0.4) is 0 Å². The minimum absolute atomic E-state index is 0.106. The van der Waals surface area contributed by atoms with Gasteiger partial charge in [0.15, 0.2) is 3.95 Å². The van der Waals surface area contributed by atoms with Crippen molar-refractivity contribution in [2.75, 3.05) is 13.7 Å². The highest BCUT2D eigenvalue weighted by molar-refractivity contribution is 7.73. The molecule has 30 heavy (non-hydrogen) atoms. The predicted octanol–water partition coefficient (Wildman–Crippen LogP) is 5.09. The first-order valence-electron chi connectivity index (χ1n) is 9.36. The zero-order valence-corrected chi connectivity index (χ0v) is 18.3. The van der Waals surface area contributed by atoms with Gasteiger partial charge in [-0.05, 0) is 36.8 Å². The molecule has 6 nitrogen and oxygen atoms in total. The van der Waals surface area contributed by atoms with Crippen LogP contribution in [0.25, 0.3) is 0 Å². The first-order chi connectivity index (χ1) is 14.5. The van der Waals surface area contributed by atoms with Gasteiger partial charge in [-0.25, -0.2) is 4.79 Å². The van der Waals surface area contributed by atoms with Crippen LogP contribution in [0.5, 0.6) is 11.6 Å². The number of rotatable bonds is 8. The van der Waals surface area contributed by atoms with E-state index in [0.717, 1.165) is 5.56 Å². The van der Waals surface area contributed by atoms with E-state index in [0.29, 0.717) is 26.7 Å². The van der Waals surface area contributed by atoms with Gasteiger partial charge < -0.3 is 14.6 Å². The van der Waals surface area contributed by atoms with E-state index < -0.39 is 12.0 Å². The second-order valence-electron chi connectivity index (χ2n) is 6.34. The van der Waals surface area contributed by atoms with Crippen LogP contribution in [-0.2, 0) is 16.0 Å². The number of aromatic nitrogens is 1. The van der Waals surface area contributed by atoms with Crippen molar-refractivity contribution < 1.29 is 19.4 Å². The number of aromatic hydroxyl groups is 1. The topological polar surface area (TPSA) is 73.0 Å². The number of nitrogens with zero attached hydrogens (tertiary/aromatic N) is 2. The number of benzene rings is 2. The summed E-state index contributed by atoms with van der Waals surface area (Å²) in [5, 5.41) is 10.8. The van der Waals surface area contributed by atoms with E-state index in [2.05, 4.69) is 4.99 Å². The molecule has 0 spiro atoms. The summed E-state index contributed by atoms with van der Waals surface area (Å²) < 4.78 is 12.3. The van der Waals surface area contributed by atoms with Gasteiger partial charge in [0.1, 0.15) is 16.7 Å². The molecule has 0 aliphatic carbocycles. The molecule has 0 aliphatic heterocycles. The van der Waals surface area contributed by atoms with Gasteiger partial charge in [-0.3, -0.25) is 9.56 Å². The lowest BCUT2D eigenvalue weighted by Gasteiger charge is -2.18. The monoisotopic (exact) mass is 442 g/mol. The van der Waals surface area contributed by atoms with Crippen LogP contribution in [-0.4, -0.2) is 35.6 Å². The van der Waals surface area contributed by atoms with Crippen molar-refractivity contribution in [2.45, 2.75) is 19.4 Å². The van der Waals surface area contributed by atoms with Crippen LogP contribution in [0, 0.1) is 3.95 Å². The highest BCUT2D eigenvalue weighted by Crippen LogP contribution is 2.31. The molecule has 0 bridgehead atoms. The number of thiazole rings is 1. The maximum atomic E-state index is 12.7. The number of hydrogen-bond donors (Lipinski definition) is 1. The fourth-order valence-corrected chi connectivity index (χ4v) is 4.21. The van der Waals surface area contributed by atoms with Crippen molar-refractivity contribution in [1.29, 1.82) is 0 Å². The first kappa shape index (κ1) is 21.7. The molecule has 2 aromatic carbocycles. The van der Waals surface area contributed by atoms with E-state index >= 15 is 0 Å². The normalized spacial score (nSPS) is 12.1. The second-order valence-corrected chi connectivity index (χ2v) is 8.02. The van der Waals surface area contributed by atoms with Gasteiger partial charge in [0.25, 0.3) is 0 Å². The van der Waals surface area contributed by atoms with Crippen molar-refractivity contribution in [3.8, 4) is 11.6 Å². The summed E-state index contributed by atoms with van der Waals surface area (Å²) in [6.45, 7) is 1.99. The summed E-state index contributed by atoms with van der Waals surface area (Å²) in [4.78, 5) is 17.5. The lowest BCUT2D eigenvalue weighted by atomic mass is 10.1. The van der Waals surface area contributed by atoms with Gasteiger partial charge in [0.05, 0.1) is 25.6 Å². The zero-order valence-electron chi connectivity index (χ0n) is 16.6. The van der Waals surface area contributed by atoms with E-state index in [1.54, 1.807) is 20.1 Å². The molecule has 1 aromatic heterocycles. The highest BCUT2D eigenvalue weighted by Gasteiger charge is 2.27. The second kappa shape index (κ2) is 10.2. The standard InChI is InChI=1S/C22H22N2O4S2/c1-3-28-21(26)18(12-15-8-5-4-6-9-15)24-20(25)19(30-22(24)29)14-23-16-10-7-11-17(13-16)27-2/h4-11,13-14,18,25H,3,12H2,1-2H3/t18-/m1/s1. The van der Waals surface area contributed by atoms with Gasteiger partial charge >= 0.3 is 5.97 Å². The number of hydrogen-bond acceptors (Lipinski definition) is 7. The molecule has 0 radical (unpaired) electrons. The summed E-state index contributed by atoms with van der Waals surface area (Å²) in [5.74, 6) is 0.136. The zero-order chi connectivity index (χ0) is 21.5. The molecule has 0 unspecified atom stereocenters. The SMILES string of the molecule is CCOC(=O)[C@@H](Cc1ccccc1)n1c(O)c(C=Nc2cccc(OC)c2)sc1=S. The van der Waals surface area contributed by atoms with Crippen LogP contribution in [0.2, 0.25) is 0 Å². The third-order valence-electron chi connectivity index (χ3n) is 4.37. The third-order valence-corrected chi connectivity index (χ3v) is 5.69. The number of ether oxygens (including phenoxy) is 2. The van der Waals surface area contributed by atoms with Gasteiger partial charge in [-0.15, -0.1) is 0 Å². The Labute approximate surface area is 184 Å². The number of aliphatic imine (C=N–C) groups is 1. The van der Waals surface area contributed by atoms with E-state index in [9.17, 15) is 9.90 Å². The average Bonchev–Trinajstić information content (AvgIpc) is 3.04. The average molecular weight is 443 g/mol. The summed E-state index contributed by atoms with van der Waals surface area (Å²) in [6.07, 6.45) is 1.89. The van der Waals surface area contributed by atoms with E-state index in [1.807, 2.05) is 48.5 Å². The Morgan fingerprint density at radius 3 is 2.73 bits per heavy atom. The maximum absolute atomic E-state index is 12.7. The van der Waals surface area contributed by atoms with Crippen LogP contribution in [0.1, 0.15) is 23.4 Å². The molecule has 0 amide bonds. The van der Waals surface area contributed by atoms with E-state index in [4.69, 9.17) is 21.7 Å². The molecular formula is C22H22N2O4S2. The molecule has 156 valence electrons. The minimum Gasteiger partial charge on any atom is -0.497 e. The Kier molecular flexibility index (Phi) is 7.37. The molecule has 8 heteroatoms. The molecule has 3 aromatic rings. The maximum Gasteiger partial charge on any atom is 0.329 e. The van der Waals surface area contributed by atoms with Gasteiger partial charge in [-0.1, -0.05) is 47.7 Å². The van der Waals surface area contributed by atoms with Crippen LogP contribution < -0.4 is 4.74 Å². The fourth-order valence-electron chi connectivity index (χ4n) is 2.93. The van der Waals surface area contributed by atoms with E-state index in [1.165, 1.54) is 22.1 Å². The molecule has 1 atom stereocenters. The molecular weight excluding hydrogens is 420 g/mol. The number of carbonyl (C=O) groups is 1. The summed E-state index contributed by atoms with van der Waals surface area (Å²) in [6, 6.07) is 16.0. The van der Waals surface area contributed by atoms with Crippen molar-refractivity contribution >= 4 is 41.4 Å². The molecule has 1 N–H and O–H groups in total. The number of carbonyl (C=O) groups excluding carboxylic acids is 1. The van der Waals surface area contributed by atoms with Crippen molar-refractivity contribution in [3.63, 3.8) is 0 Å². The Morgan fingerprint density at radius 2 is 2.03 bits per heavy atom. The van der Waals surface area contributed by atoms with Gasteiger partial charge in [0, 0.05) is 12.5 Å². The quantitative estimate of drug-likeness (QED) is 0.299. The number of esters is 1. The lowest BCUT2D eigenvalue weighted by Crippen LogP contribution is -2.24. The largest absolute Gasteiger partial charge is 0.497 e. The van der Waals surface area contributed by atoms with Crippen LogP contribution in [0.15, 0.2) is 59.6 Å². The Bertz CT molecular complexity index is 1090. The Balaban J connectivity index is 1.95. The Hall–Kier alpha value is -2.97. The summed E-state index contributed by atoms with van der Waals surface area (Å²) >= 11 is 6.64. The van der Waals surface area contributed by atoms with Gasteiger partial charge in [-0.2, -0.15) is 0 Å². The van der Waals surface area contributed by atoms with E-state index in [-0.39, 0.29) is 12.5 Å². The van der Waals surface area contributed by atoms with Crippen molar-refractivity contribution in [2.24, 2.45) is 4.99 Å². The Morgan fingerprint density at radius 1 is 1.27 bits per heavy atom. The van der Waals surface area contributed by atoms with Crippen molar-refractivity contribution in [1.82, 2.24) is 4.57 Å². The van der Waals surface area contributed by atoms with Crippen molar-refractivity contribution in [3.05, 3.63) is 69.0 Å². The van der Waals surface area contributed by atoms with Crippen LogP contribution in [0.4, 0.5) is 5.69 Å². The predicted molar refractivity (Wildman–Crippen MR) is 121 cm³/mol. The molecule has 0 saturated heterocycles. The molecule has 1 heterocycles. The number of methoxy groups -OCH3 is 1. The molecule has 0 aliphatic rings.